The van der Waals surface area contributed by atoms with Crippen molar-refractivity contribution in [2.24, 2.45) is 0 Å². The van der Waals surface area contributed by atoms with Gasteiger partial charge in [-0.3, -0.25) is 4.79 Å². The van der Waals surface area contributed by atoms with Crippen molar-refractivity contribution in [2.75, 3.05) is 26.2 Å². The molecule has 6 nitrogen and oxygen atoms in total. The summed E-state index contributed by atoms with van der Waals surface area (Å²) < 4.78 is 5.53. The van der Waals surface area contributed by atoms with E-state index in [9.17, 15) is 9.59 Å². The van der Waals surface area contributed by atoms with Crippen molar-refractivity contribution >= 4 is 12.0 Å². The number of carbonyl (C=O) groups is 2. The van der Waals surface area contributed by atoms with Gasteiger partial charge in [-0.15, -0.1) is 0 Å². The molecule has 2 N–H and O–H groups in total. The zero-order valence-electron chi connectivity index (χ0n) is 11.1. The number of hydrogen-bond donors (Lipinski definition) is 2. The summed E-state index contributed by atoms with van der Waals surface area (Å²) in [5.74, 6) is -0.795. The summed E-state index contributed by atoms with van der Waals surface area (Å²) >= 11 is 0. The van der Waals surface area contributed by atoms with E-state index < -0.39 is 5.97 Å². The standard InChI is InChI=1S/C12H22N2O4/c1-12(2)9-14(7-8-18-12)11(17)13-6-4-3-5-10(15)16/h3-9H2,1-2H3,(H,13,17)(H,15,16). The topological polar surface area (TPSA) is 78.9 Å². The summed E-state index contributed by atoms with van der Waals surface area (Å²) in [5, 5.41) is 11.3. The van der Waals surface area contributed by atoms with Crippen LogP contribution in [0.4, 0.5) is 4.79 Å². The number of nitrogens with one attached hydrogen (secondary N) is 1. The number of unbranched alkanes of at least 4 members (excludes halogenated alkanes) is 1. The van der Waals surface area contributed by atoms with Gasteiger partial charge in [-0.25, -0.2) is 4.79 Å². The Hall–Kier alpha value is -1.30. The van der Waals surface area contributed by atoms with Gasteiger partial charge in [-0.05, 0) is 26.7 Å². The summed E-state index contributed by atoms with van der Waals surface area (Å²) in [6.07, 6.45) is 1.43. The molecular weight excluding hydrogens is 236 g/mol. The van der Waals surface area contributed by atoms with E-state index in [2.05, 4.69) is 5.32 Å². The molecule has 104 valence electrons. The molecule has 1 aliphatic heterocycles. The first-order valence-electron chi connectivity index (χ1n) is 6.29. The predicted molar refractivity (Wildman–Crippen MR) is 66.5 cm³/mol. The molecule has 1 saturated heterocycles. The monoisotopic (exact) mass is 258 g/mol. The molecule has 1 rings (SSSR count). The Balaban J connectivity index is 2.18. The lowest BCUT2D eigenvalue weighted by Gasteiger charge is -2.38. The second-order valence-electron chi connectivity index (χ2n) is 5.11. The Morgan fingerprint density at radius 1 is 1.39 bits per heavy atom. The number of carboxylic acid groups (broad SMARTS) is 1. The number of amides is 2. The van der Waals surface area contributed by atoms with Crippen LogP contribution in [0.15, 0.2) is 0 Å². The molecule has 0 bridgehead atoms. The first-order chi connectivity index (χ1) is 8.41. The molecule has 0 atom stereocenters. The Kier molecular flexibility index (Phi) is 5.40. The van der Waals surface area contributed by atoms with Crippen LogP contribution < -0.4 is 5.32 Å². The molecule has 0 unspecified atom stereocenters. The van der Waals surface area contributed by atoms with Gasteiger partial charge < -0.3 is 20.1 Å². The highest BCUT2D eigenvalue weighted by Gasteiger charge is 2.29. The minimum absolute atomic E-state index is 0.0956. The number of carbonyl (C=O) groups excluding carboxylic acids is 1. The van der Waals surface area contributed by atoms with Crippen LogP contribution in [0.3, 0.4) is 0 Å². The van der Waals surface area contributed by atoms with Crippen LogP contribution in [0.1, 0.15) is 33.1 Å². The third kappa shape index (κ3) is 5.35. The normalized spacial score (nSPS) is 18.4. The van der Waals surface area contributed by atoms with E-state index >= 15 is 0 Å². The fraction of sp³-hybridized carbons (Fsp3) is 0.833. The molecule has 1 fully saturated rings. The largest absolute Gasteiger partial charge is 0.481 e. The van der Waals surface area contributed by atoms with Crippen LogP contribution in [0.2, 0.25) is 0 Å². The van der Waals surface area contributed by atoms with Crippen molar-refractivity contribution in [3.8, 4) is 0 Å². The van der Waals surface area contributed by atoms with Gasteiger partial charge in [0.05, 0.1) is 18.8 Å². The zero-order chi connectivity index (χ0) is 13.6. The molecule has 0 spiro atoms. The number of nitrogens with zero attached hydrogens (tertiary/aromatic N) is 1. The lowest BCUT2D eigenvalue weighted by Crippen LogP contribution is -2.53. The second kappa shape index (κ2) is 6.58. The molecule has 1 aliphatic rings. The molecular formula is C12H22N2O4. The minimum atomic E-state index is -0.795. The lowest BCUT2D eigenvalue weighted by atomic mass is 10.1. The maximum absolute atomic E-state index is 11.8. The molecule has 0 radical (unpaired) electrons. The van der Waals surface area contributed by atoms with E-state index in [-0.39, 0.29) is 18.1 Å². The van der Waals surface area contributed by atoms with Crippen LogP contribution >= 0.6 is 0 Å². The average Bonchev–Trinajstić information content (AvgIpc) is 2.26. The lowest BCUT2D eigenvalue weighted by molar-refractivity contribution is -0.137. The first kappa shape index (κ1) is 14.8. The molecule has 0 aromatic rings. The SMILES string of the molecule is CC1(C)CN(C(=O)NCCCCC(=O)O)CCO1. The molecule has 0 aliphatic carbocycles. The maximum atomic E-state index is 11.8. The van der Waals surface area contributed by atoms with Crippen LogP contribution in [0, 0.1) is 0 Å². The summed E-state index contributed by atoms with van der Waals surface area (Å²) in [6.45, 7) is 6.17. The first-order valence-corrected chi connectivity index (χ1v) is 6.29. The maximum Gasteiger partial charge on any atom is 0.317 e. The summed E-state index contributed by atoms with van der Waals surface area (Å²) in [4.78, 5) is 23.9. The highest BCUT2D eigenvalue weighted by atomic mass is 16.5. The number of morpholine rings is 1. The molecule has 0 saturated carbocycles. The van der Waals surface area contributed by atoms with Crippen molar-refractivity contribution in [2.45, 2.75) is 38.7 Å². The van der Waals surface area contributed by atoms with Crippen molar-refractivity contribution in [1.82, 2.24) is 10.2 Å². The Morgan fingerprint density at radius 3 is 2.72 bits per heavy atom. The third-order valence-corrected chi connectivity index (χ3v) is 2.81. The number of aliphatic carboxylic acids is 1. The van der Waals surface area contributed by atoms with Gasteiger partial charge in [-0.2, -0.15) is 0 Å². The van der Waals surface area contributed by atoms with Crippen LogP contribution in [0.25, 0.3) is 0 Å². The Bertz CT molecular complexity index is 304. The van der Waals surface area contributed by atoms with Gasteiger partial charge in [0.15, 0.2) is 0 Å². The number of carboxylic acids is 1. The van der Waals surface area contributed by atoms with Crippen molar-refractivity contribution in [3.05, 3.63) is 0 Å². The van der Waals surface area contributed by atoms with Crippen LogP contribution in [-0.4, -0.2) is 53.8 Å². The highest BCUT2D eigenvalue weighted by molar-refractivity contribution is 5.74. The van der Waals surface area contributed by atoms with Gasteiger partial charge in [0.2, 0.25) is 0 Å². The van der Waals surface area contributed by atoms with Gasteiger partial charge in [0.1, 0.15) is 0 Å². The highest BCUT2D eigenvalue weighted by Crippen LogP contribution is 2.16. The Morgan fingerprint density at radius 2 is 2.11 bits per heavy atom. The molecule has 18 heavy (non-hydrogen) atoms. The molecule has 6 heteroatoms. The summed E-state index contributed by atoms with van der Waals surface area (Å²) in [6, 6.07) is -0.0956. The summed E-state index contributed by atoms with van der Waals surface area (Å²) in [7, 11) is 0. The third-order valence-electron chi connectivity index (χ3n) is 2.81. The second-order valence-corrected chi connectivity index (χ2v) is 5.11. The fourth-order valence-corrected chi connectivity index (χ4v) is 1.90. The number of hydrogen-bond acceptors (Lipinski definition) is 3. The van der Waals surface area contributed by atoms with E-state index in [1.807, 2.05) is 13.8 Å². The van der Waals surface area contributed by atoms with Gasteiger partial charge >= 0.3 is 12.0 Å². The smallest absolute Gasteiger partial charge is 0.317 e. The van der Waals surface area contributed by atoms with Gasteiger partial charge in [-0.1, -0.05) is 0 Å². The fourth-order valence-electron chi connectivity index (χ4n) is 1.90. The van der Waals surface area contributed by atoms with Gasteiger partial charge in [0, 0.05) is 19.5 Å². The zero-order valence-corrected chi connectivity index (χ0v) is 11.1. The van der Waals surface area contributed by atoms with Crippen molar-refractivity contribution < 1.29 is 19.4 Å². The number of ether oxygens (including phenoxy) is 1. The molecule has 0 aromatic carbocycles. The minimum Gasteiger partial charge on any atom is -0.481 e. The van der Waals surface area contributed by atoms with Crippen molar-refractivity contribution in [3.63, 3.8) is 0 Å². The van der Waals surface area contributed by atoms with Gasteiger partial charge in [0.25, 0.3) is 0 Å². The average molecular weight is 258 g/mol. The quantitative estimate of drug-likeness (QED) is 0.723. The molecule has 1 heterocycles. The number of rotatable bonds is 5. The number of urea groups is 1. The Labute approximate surface area is 107 Å². The van der Waals surface area contributed by atoms with Crippen LogP contribution in [-0.2, 0) is 9.53 Å². The van der Waals surface area contributed by atoms with E-state index in [0.717, 1.165) is 0 Å². The van der Waals surface area contributed by atoms with E-state index in [1.165, 1.54) is 0 Å². The van der Waals surface area contributed by atoms with E-state index in [4.69, 9.17) is 9.84 Å². The summed E-state index contributed by atoms with van der Waals surface area (Å²) in [5.41, 5.74) is -0.293. The van der Waals surface area contributed by atoms with E-state index in [0.29, 0.717) is 39.1 Å². The van der Waals surface area contributed by atoms with Crippen molar-refractivity contribution in [1.29, 1.82) is 0 Å². The molecule has 2 amide bonds. The molecule has 0 aromatic heterocycles. The van der Waals surface area contributed by atoms with Crippen LogP contribution in [0.5, 0.6) is 0 Å². The van der Waals surface area contributed by atoms with E-state index in [1.54, 1.807) is 4.90 Å². The predicted octanol–water partition coefficient (Wildman–Crippen LogP) is 1.06.